The Hall–Kier alpha value is -2.21. The number of carbonyl (C=O) groups excluding carboxylic acids is 1. The van der Waals surface area contributed by atoms with Crippen LogP contribution in [0.1, 0.15) is 18.7 Å². The summed E-state index contributed by atoms with van der Waals surface area (Å²) >= 11 is 0. The molecule has 1 unspecified atom stereocenters. The van der Waals surface area contributed by atoms with Gasteiger partial charge in [-0.05, 0) is 26.1 Å². The maximum absolute atomic E-state index is 11.5. The fourth-order valence-electron chi connectivity index (χ4n) is 1.71. The Morgan fingerprint density at radius 3 is 2.79 bits per heavy atom. The van der Waals surface area contributed by atoms with Gasteiger partial charge in [0.2, 0.25) is 5.91 Å². The molecule has 0 spiro atoms. The van der Waals surface area contributed by atoms with Crippen LogP contribution in [0.15, 0.2) is 36.5 Å². The number of hydrogen-bond acceptors (Lipinski definition) is 4. The van der Waals surface area contributed by atoms with Crippen LogP contribution >= 0.6 is 0 Å². The van der Waals surface area contributed by atoms with Crippen LogP contribution in [0.4, 0.5) is 0 Å². The lowest BCUT2D eigenvalue weighted by Crippen LogP contribution is -2.34. The van der Waals surface area contributed by atoms with Crippen molar-refractivity contribution in [3.8, 4) is 5.69 Å². The van der Waals surface area contributed by atoms with E-state index >= 15 is 0 Å². The van der Waals surface area contributed by atoms with Crippen LogP contribution in [0, 0.1) is 0 Å². The van der Waals surface area contributed by atoms with Crippen LogP contribution in [-0.4, -0.2) is 34.5 Å². The minimum Gasteiger partial charge on any atom is -0.347 e. The summed E-state index contributed by atoms with van der Waals surface area (Å²) in [5, 5.41) is 13.8. The van der Waals surface area contributed by atoms with E-state index in [9.17, 15) is 4.79 Å². The number of benzene rings is 1. The standard InChI is InChI=1S/C13H17N5O/c1-10(15-13(19)8-14-2)12-9-18(17-16-12)11-6-4-3-5-7-11/h3-7,9-10,14H,8H2,1-2H3,(H,15,19). The maximum Gasteiger partial charge on any atom is 0.234 e. The first-order valence-electron chi connectivity index (χ1n) is 6.12. The number of nitrogens with one attached hydrogen (secondary N) is 2. The summed E-state index contributed by atoms with van der Waals surface area (Å²) < 4.78 is 1.69. The van der Waals surface area contributed by atoms with Crippen molar-refractivity contribution in [1.82, 2.24) is 25.6 Å². The number of nitrogens with zero attached hydrogens (tertiary/aromatic N) is 3. The number of likely N-dealkylation sites (N-methyl/N-ethyl adjacent to an activating group) is 1. The first-order valence-corrected chi connectivity index (χ1v) is 6.12. The highest BCUT2D eigenvalue weighted by Gasteiger charge is 2.12. The third kappa shape index (κ3) is 3.38. The van der Waals surface area contributed by atoms with Gasteiger partial charge >= 0.3 is 0 Å². The molecule has 2 rings (SSSR count). The topological polar surface area (TPSA) is 71.8 Å². The summed E-state index contributed by atoms with van der Waals surface area (Å²) in [6.07, 6.45) is 1.82. The number of aromatic nitrogens is 3. The lowest BCUT2D eigenvalue weighted by Gasteiger charge is -2.10. The van der Waals surface area contributed by atoms with Crippen molar-refractivity contribution in [3.63, 3.8) is 0 Å². The number of amides is 1. The predicted octanol–water partition coefficient (Wildman–Crippen LogP) is 0.664. The Bertz CT molecular complexity index is 537. The van der Waals surface area contributed by atoms with Crippen molar-refractivity contribution < 1.29 is 4.79 Å². The molecule has 0 bridgehead atoms. The Balaban J connectivity index is 2.07. The second-order valence-electron chi connectivity index (χ2n) is 4.24. The van der Waals surface area contributed by atoms with E-state index in [1.807, 2.05) is 43.5 Å². The molecule has 1 aromatic carbocycles. The molecule has 0 radical (unpaired) electrons. The van der Waals surface area contributed by atoms with Crippen molar-refractivity contribution in [2.45, 2.75) is 13.0 Å². The molecule has 0 aliphatic heterocycles. The molecule has 1 heterocycles. The molecule has 19 heavy (non-hydrogen) atoms. The Morgan fingerprint density at radius 2 is 2.11 bits per heavy atom. The van der Waals surface area contributed by atoms with E-state index in [4.69, 9.17) is 0 Å². The van der Waals surface area contributed by atoms with Gasteiger partial charge in [0.05, 0.1) is 24.5 Å². The average Bonchev–Trinajstić information content (AvgIpc) is 2.89. The molecule has 0 saturated carbocycles. The van der Waals surface area contributed by atoms with Gasteiger partial charge in [-0.2, -0.15) is 0 Å². The molecule has 2 N–H and O–H groups in total. The van der Waals surface area contributed by atoms with Crippen molar-refractivity contribution >= 4 is 5.91 Å². The minimum absolute atomic E-state index is 0.0655. The van der Waals surface area contributed by atoms with Gasteiger partial charge in [-0.25, -0.2) is 4.68 Å². The quantitative estimate of drug-likeness (QED) is 0.827. The molecule has 1 amide bonds. The van der Waals surface area contributed by atoms with Crippen LogP contribution in [0.2, 0.25) is 0 Å². The van der Waals surface area contributed by atoms with E-state index in [-0.39, 0.29) is 18.5 Å². The fraction of sp³-hybridized carbons (Fsp3) is 0.308. The average molecular weight is 259 g/mol. The van der Waals surface area contributed by atoms with Crippen molar-refractivity contribution in [2.24, 2.45) is 0 Å². The second kappa shape index (κ2) is 6.10. The summed E-state index contributed by atoms with van der Waals surface area (Å²) in [4.78, 5) is 11.5. The molecule has 2 aromatic rings. The van der Waals surface area contributed by atoms with E-state index in [1.165, 1.54) is 0 Å². The van der Waals surface area contributed by atoms with Crippen molar-refractivity contribution in [2.75, 3.05) is 13.6 Å². The lowest BCUT2D eigenvalue weighted by molar-refractivity contribution is -0.120. The lowest BCUT2D eigenvalue weighted by atomic mass is 10.2. The number of carbonyl (C=O) groups is 1. The maximum atomic E-state index is 11.5. The molecule has 0 saturated heterocycles. The van der Waals surface area contributed by atoms with Gasteiger partial charge in [-0.1, -0.05) is 23.4 Å². The van der Waals surface area contributed by atoms with Gasteiger partial charge in [0, 0.05) is 0 Å². The highest BCUT2D eigenvalue weighted by molar-refractivity contribution is 5.78. The molecular weight excluding hydrogens is 242 g/mol. The van der Waals surface area contributed by atoms with E-state index < -0.39 is 0 Å². The van der Waals surface area contributed by atoms with Gasteiger partial charge in [0.25, 0.3) is 0 Å². The minimum atomic E-state index is -0.168. The van der Waals surface area contributed by atoms with Gasteiger partial charge in [0.15, 0.2) is 0 Å². The number of hydrogen-bond donors (Lipinski definition) is 2. The van der Waals surface area contributed by atoms with E-state index in [0.717, 1.165) is 11.4 Å². The van der Waals surface area contributed by atoms with E-state index in [2.05, 4.69) is 20.9 Å². The molecule has 1 aromatic heterocycles. The molecule has 0 aliphatic carbocycles. The number of rotatable bonds is 5. The third-order valence-corrected chi connectivity index (χ3v) is 2.69. The molecule has 0 fully saturated rings. The summed E-state index contributed by atoms with van der Waals surface area (Å²) in [5.74, 6) is -0.0655. The third-order valence-electron chi connectivity index (χ3n) is 2.69. The highest BCUT2D eigenvalue weighted by atomic mass is 16.1. The van der Waals surface area contributed by atoms with Crippen molar-refractivity contribution in [1.29, 1.82) is 0 Å². The smallest absolute Gasteiger partial charge is 0.234 e. The molecule has 100 valence electrons. The van der Waals surface area contributed by atoms with Crippen LogP contribution in [-0.2, 0) is 4.79 Å². The van der Waals surface area contributed by atoms with Crippen molar-refractivity contribution in [3.05, 3.63) is 42.2 Å². The summed E-state index contributed by atoms with van der Waals surface area (Å²) in [6, 6.07) is 9.55. The molecule has 1 atom stereocenters. The summed E-state index contributed by atoms with van der Waals surface area (Å²) in [5.41, 5.74) is 1.67. The Morgan fingerprint density at radius 1 is 1.37 bits per heavy atom. The van der Waals surface area contributed by atoms with Gasteiger partial charge in [-0.3, -0.25) is 4.79 Å². The van der Waals surface area contributed by atoms with Gasteiger partial charge < -0.3 is 10.6 Å². The van der Waals surface area contributed by atoms with Gasteiger partial charge in [-0.15, -0.1) is 5.10 Å². The first-order chi connectivity index (χ1) is 9.20. The summed E-state index contributed by atoms with van der Waals surface area (Å²) in [7, 11) is 1.73. The highest BCUT2D eigenvalue weighted by Crippen LogP contribution is 2.11. The molecule has 6 nitrogen and oxygen atoms in total. The van der Waals surface area contributed by atoms with Gasteiger partial charge in [0.1, 0.15) is 5.69 Å². The molecule has 6 heteroatoms. The predicted molar refractivity (Wildman–Crippen MR) is 71.8 cm³/mol. The zero-order valence-corrected chi connectivity index (χ0v) is 11.0. The van der Waals surface area contributed by atoms with Crippen LogP contribution in [0.3, 0.4) is 0 Å². The van der Waals surface area contributed by atoms with Crippen LogP contribution in [0.5, 0.6) is 0 Å². The SMILES string of the molecule is CNCC(=O)NC(C)c1cn(-c2ccccc2)nn1. The second-order valence-corrected chi connectivity index (χ2v) is 4.24. The Labute approximate surface area is 111 Å². The number of para-hydroxylation sites is 1. The molecule has 0 aliphatic rings. The zero-order valence-electron chi connectivity index (χ0n) is 11.0. The first kappa shape index (κ1) is 13.2. The monoisotopic (exact) mass is 259 g/mol. The normalized spacial score (nSPS) is 12.1. The molecular formula is C13H17N5O. The fourth-order valence-corrected chi connectivity index (χ4v) is 1.71. The zero-order chi connectivity index (χ0) is 13.7. The Kier molecular flexibility index (Phi) is 4.25. The van der Waals surface area contributed by atoms with E-state index in [1.54, 1.807) is 11.7 Å². The van der Waals surface area contributed by atoms with Crippen LogP contribution in [0.25, 0.3) is 5.69 Å². The largest absolute Gasteiger partial charge is 0.347 e. The van der Waals surface area contributed by atoms with Crippen LogP contribution < -0.4 is 10.6 Å². The summed E-state index contributed by atoms with van der Waals surface area (Å²) in [6.45, 7) is 2.17. The van der Waals surface area contributed by atoms with E-state index in [0.29, 0.717) is 0 Å².